The number of aryl methyl sites for hydroxylation is 1. The first kappa shape index (κ1) is 40.7. The standard InChI is InChI=1S/C17H18N2O2S.C16H27N3O2.C4H7NO3S/c1-9(2)13-8-22-17(19-13)12-7-14(20)11-5-6-15(21-4)10(3)16(11)18-12;1-19(18-21)11-7-3-2-4-10-14-12-15(14)17-16(20)13-8-5-6-9-13;6-3-5-9(7,8)4-1-2-4/h5-9H,1-4H3,(H,18,20);4,10,13-15H,2-3,5-9,11-12H2,1H3,(H,17,20);3-4H,1-2H2,(H,5,6)/b;10-4+;/t;14-,15-;/m.1./s1. The lowest BCUT2D eigenvalue weighted by atomic mass is 10.1. The molecule has 284 valence electrons. The summed E-state index contributed by atoms with van der Waals surface area (Å²) in [6.07, 6.45) is 14.8. The van der Waals surface area contributed by atoms with Gasteiger partial charge >= 0.3 is 0 Å². The highest BCUT2D eigenvalue weighted by Crippen LogP contribution is 2.34. The Hall–Kier alpha value is -4.11. The van der Waals surface area contributed by atoms with Crippen LogP contribution in [0.3, 0.4) is 0 Å². The zero-order valence-electron chi connectivity index (χ0n) is 30.7. The van der Waals surface area contributed by atoms with Crippen LogP contribution in [0.2, 0.25) is 0 Å². The van der Waals surface area contributed by atoms with Gasteiger partial charge in [0.15, 0.2) is 5.43 Å². The molecule has 6 rings (SSSR count). The van der Waals surface area contributed by atoms with Crippen molar-refractivity contribution >= 4 is 44.6 Å². The normalized spacial score (nSPS) is 18.3. The molecule has 2 heterocycles. The van der Waals surface area contributed by atoms with E-state index in [9.17, 15) is 27.7 Å². The number of carbonyl (C=O) groups excluding carboxylic acids is 2. The number of carbonyl (C=O) groups is 2. The van der Waals surface area contributed by atoms with Crippen molar-refractivity contribution in [3.63, 3.8) is 0 Å². The van der Waals surface area contributed by atoms with E-state index < -0.39 is 10.0 Å². The van der Waals surface area contributed by atoms with Gasteiger partial charge in [-0.1, -0.05) is 38.8 Å². The lowest BCUT2D eigenvalue weighted by Crippen LogP contribution is -2.31. The highest BCUT2D eigenvalue weighted by molar-refractivity contribution is 7.90. The van der Waals surface area contributed by atoms with Crippen molar-refractivity contribution < 1.29 is 22.7 Å². The van der Waals surface area contributed by atoms with Crippen LogP contribution in [0.1, 0.15) is 95.2 Å². The Labute approximate surface area is 310 Å². The topological polar surface area (TPSA) is 180 Å². The summed E-state index contributed by atoms with van der Waals surface area (Å²) in [6, 6.07) is 5.62. The molecule has 3 saturated carbocycles. The monoisotopic (exact) mass is 756 g/mol. The Morgan fingerprint density at radius 2 is 1.92 bits per heavy atom. The number of benzene rings is 1. The molecule has 3 N–H and O–H groups in total. The van der Waals surface area contributed by atoms with Gasteiger partial charge in [-0.05, 0) is 82.3 Å². The maximum Gasteiger partial charge on any atom is 0.237 e. The van der Waals surface area contributed by atoms with Gasteiger partial charge in [-0.15, -0.1) is 16.2 Å². The molecule has 0 saturated heterocycles. The van der Waals surface area contributed by atoms with E-state index >= 15 is 0 Å². The van der Waals surface area contributed by atoms with Gasteiger partial charge in [0.2, 0.25) is 22.3 Å². The number of unbranched alkanes of at least 4 members (excludes halogenated alkanes) is 2. The minimum absolute atomic E-state index is 0.00389. The van der Waals surface area contributed by atoms with Gasteiger partial charge in [-0.25, -0.2) is 13.4 Å². The molecular formula is C37H52N6O7S2. The van der Waals surface area contributed by atoms with E-state index in [0.717, 1.165) is 78.3 Å². The number of sulfonamides is 1. The molecule has 0 bridgehead atoms. The van der Waals surface area contributed by atoms with Gasteiger partial charge < -0.3 is 15.0 Å². The van der Waals surface area contributed by atoms with Crippen LogP contribution in [0, 0.1) is 23.7 Å². The quantitative estimate of drug-likeness (QED) is 0.0525. The van der Waals surface area contributed by atoms with Gasteiger partial charge in [0.1, 0.15) is 10.8 Å². The third-order valence-corrected chi connectivity index (χ3v) is 12.1. The number of fused-ring (bicyclic) bond motifs is 1. The van der Waals surface area contributed by atoms with E-state index in [4.69, 9.17) is 4.74 Å². The number of allylic oxidation sites excluding steroid dienone is 1. The zero-order chi connectivity index (χ0) is 37.8. The molecule has 13 nitrogen and oxygen atoms in total. The van der Waals surface area contributed by atoms with E-state index in [-0.39, 0.29) is 28.9 Å². The molecule has 0 radical (unpaired) electrons. The molecular weight excluding hydrogens is 705 g/mol. The predicted octanol–water partition coefficient (Wildman–Crippen LogP) is 6.34. The minimum atomic E-state index is -3.26. The Morgan fingerprint density at radius 3 is 2.54 bits per heavy atom. The summed E-state index contributed by atoms with van der Waals surface area (Å²) in [5, 5.41) is 10.7. The maximum absolute atomic E-state index is 12.4. The fraction of sp³-hybridized carbons (Fsp3) is 0.568. The first-order valence-corrected chi connectivity index (χ1v) is 20.4. The number of hydrogen-bond donors (Lipinski definition) is 3. The molecule has 2 atom stereocenters. The number of nitrogens with zero attached hydrogens (tertiary/aromatic N) is 3. The average molecular weight is 757 g/mol. The third-order valence-electron chi connectivity index (χ3n) is 9.47. The number of ether oxygens (including phenoxy) is 1. The van der Waals surface area contributed by atoms with Crippen LogP contribution in [0.5, 0.6) is 5.75 Å². The molecule has 15 heteroatoms. The van der Waals surface area contributed by atoms with E-state index in [0.29, 0.717) is 36.1 Å². The highest BCUT2D eigenvalue weighted by atomic mass is 32.2. The van der Waals surface area contributed by atoms with E-state index in [1.165, 1.54) is 17.9 Å². The summed E-state index contributed by atoms with van der Waals surface area (Å²) in [7, 11) is 0.0747. The summed E-state index contributed by atoms with van der Waals surface area (Å²) in [5.41, 5.74) is 3.53. The van der Waals surface area contributed by atoms with Crippen LogP contribution in [0.25, 0.3) is 21.6 Å². The summed E-state index contributed by atoms with van der Waals surface area (Å²) >= 11 is 1.55. The van der Waals surface area contributed by atoms with Crippen molar-refractivity contribution in [1.29, 1.82) is 0 Å². The second-order valence-electron chi connectivity index (χ2n) is 14.0. The number of hydrogen-bond acceptors (Lipinski definition) is 10. The Bertz CT molecular complexity index is 1860. The number of methoxy groups -OCH3 is 1. The van der Waals surface area contributed by atoms with Crippen molar-refractivity contribution in [2.24, 2.45) is 17.1 Å². The van der Waals surface area contributed by atoms with Crippen LogP contribution in [-0.4, -0.2) is 67.7 Å². The third kappa shape index (κ3) is 11.7. The number of amides is 2. The second kappa shape index (κ2) is 19.1. The van der Waals surface area contributed by atoms with Crippen molar-refractivity contribution in [3.8, 4) is 16.5 Å². The molecule has 52 heavy (non-hydrogen) atoms. The largest absolute Gasteiger partial charge is 0.496 e. The number of rotatable bonds is 15. The fourth-order valence-corrected chi connectivity index (χ4v) is 8.02. The van der Waals surface area contributed by atoms with Gasteiger partial charge in [0, 0.05) is 47.9 Å². The molecule has 3 fully saturated rings. The smallest absolute Gasteiger partial charge is 0.237 e. The fourth-order valence-electron chi connectivity index (χ4n) is 5.99. The van der Waals surface area contributed by atoms with Crippen molar-refractivity contribution in [3.05, 3.63) is 62.1 Å². The molecule has 0 aliphatic heterocycles. The number of pyridine rings is 1. The van der Waals surface area contributed by atoms with Crippen molar-refractivity contribution in [2.75, 3.05) is 20.7 Å². The molecule has 0 unspecified atom stereocenters. The van der Waals surface area contributed by atoms with Crippen LogP contribution < -0.4 is 20.2 Å². The second-order valence-corrected chi connectivity index (χ2v) is 16.8. The highest BCUT2D eigenvalue weighted by Gasteiger charge is 2.37. The van der Waals surface area contributed by atoms with Crippen LogP contribution >= 0.6 is 11.3 Å². The van der Waals surface area contributed by atoms with Crippen LogP contribution in [0.4, 0.5) is 0 Å². The average Bonchev–Trinajstić information content (AvgIpc) is 3.98. The summed E-state index contributed by atoms with van der Waals surface area (Å²) in [5.74, 6) is 2.23. The van der Waals surface area contributed by atoms with E-state index in [1.807, 2.05) is 18.4 Å². The first-order chi connectivity index (χ1) is 24.9. The first-order valence-electron chi connectivity index (χ1n) is 18.0. The lowest BCUT2D eigenvalue weighted by Gasteiger charge is -2.09. The number of nitroso groups, excluding NO2 is 1. The van der Waals surface area contributed by atoms with E-state index in [2.05, 4.69) is 46.6 Å². The number of H-pyrrole nitrogens is 1. The summed E-state index contributed by atoms with van der Waals surface area (Å²) in [4.78, 5) is 52.2. The summed E-state index contributed by atoms with van der Waals surface area (Å²) in [6.45, 7) is 6.89. The zero-order valence-corrected chi connectivity index (χ0v) is 32.4. The van der Waals surface area contributed by atoms with Crippen molar-refractivity contribution in [2.45, 2.75) is 102 Å². The Morgan fingerprint density at radius 1 is 1.19 bits per heavy atom. The summed E-state index contributed by atoms with van der Waals surface area (Å²) < 4.78 is 28.4. The molecule has 2 aromatic heterocycles. The number of aromatic amines is 1. The van der Waals surface area contributed by atoms with Crippen LogP contribution in [-0.2, 0) is 19.6 Å². The van der Waals surface area contributed by atoms with Gasteiger partial charge in [0.05, 0.1) is 34.6 Å². The molecule has 3 aliphatic rings. The minimum Gasteiger partial charge on any atom is -0.496 e. The molecule has 3 aliphatic carbocycles. The lowest BCUT2D eigenvalue weighted by molar-refractivity contribution is -0.125. The van der Waals surface area contributed by atoms with Gasteiger partial charge in [0.25, 0.3) is 0 Å². The van der Waals surface area contributed by atoms with Gasteiger partial charge in [-0.2, -0.15) is 0 Å². The number of nitrogens with one attached hydrogen (secondary N) is 3. The molecule has 0 spiro atoms. The molecule has 1 aromatic carbocycles. The number of aromatic nitrogens is 2. The maximum atomic E-state index is 12.4. The Kier molecular flexibility index (Phi) is 14.9. The molecule has 3 aromatic rings. The van der Waals surface area contributed by atoms with Crippen molar-refractivity contribution in [1.82, 2.24) is 25.0 Å². The van der Waals surface area contributed by atoms with Crippen LogP contribution in [0.15, 0.2) is 45.8 Å². The number of thiazole rings is 1. The Balaban J connectivity index is 0.000000189. The van der Waals surface area contributed by atoms with Gasteiger partial charge in [-0.3, -0.25) is 24.1 Å². The molecule has 2 amide bonds. The SMILES string of the molecule is CN(CCCC/C=C/[C@@H]1C[C@H]1NC(=O)C1CCCC1)N=O.COc1ccc2c(=O)cc(-c3nc(C(C)C)cs3)[nH]c2c1C.O=CNS(=O)(=O)C1CC1. The van der Waals surface area contributed by atoms with E-state index in [1.54, 1.807) is 42.3 Å². The predicted molar refractivity (Wildman–Crippen MR) is 206 cm³/mol.